The Morgan fingerprint density at radius 1 is 1.14 bits per heavy atom. The summed E-state index contributed by atoms with van der Waals surface area (Å²) in [7, 11) is 0. The molecular formula is C23H31N3O3. The van der Waals surface area contributed by atoms with Gasteiger partial charge in [-0.15, -0.1) is 0 Å². The molecule has 0 unspecified atom stereocenters. The number of hydrogen-bond acceptors (Lipinski definition) is 4. The molecule has 0 aliphatic heterocycles. The molecule has 6 heteroatoms. The van der Waals surface area contributed by atoms with E-state index in [0.717, 1.165) is 30.8 Å². The van der Waals surface area contributed by atoms with Crippen LogP contribution in [0.2, 0.25) is 0 Å². The smallest absolute Gasteiger partial charge is 0.338 e. The number of rotatable bonds is 8. The van der Waals surface area contributed by atoms with Crippen molar-refractivity contribution >= 4 is 11.9 Å². The predicted octanol–water partition coefficient (Wildman–Crippen LogP) is 4.31. The Morgan fingerprint density at radius 3 is 2.52 bits per heavy atom. The van der Waals surface area contributed by atoms with Gasteiger partial charge < -0.3 is 10.1 Å². The lowest BCUT2D eigenvalue weighted by atomic mass is 9.89. The van der Waals surface area contributed by atoms with Gasteiger partial charge in [0.2, 0.25) is 0 Å². The van der Waals surface area contributed by atoms with Crippen LogP contribution in [0.4, 0.5) is 0 Å². The molecule has 1 aliphatic carbocycles. The van der Waals surface area contributed by atoms with Crippen molar-refractivity contribution < 1.29 is 14.3 Å². The van der Waals surface area contributed by atoms with Gasteiger partial charge in [-0.05, 0) is 56.4 Å². The highest BCUT2D eigenvalue weighted by atomic mass is 16.5. The summed E-state index contributed by atoms with van der Waals surface area (Å²) in [5, 5.41) is 7.59. The van der Waals surface area contributed by atoms with Crippen LogP contribution in [0.15, 0.2) is 30.5 Å². The highest BCUT2D eigenvalue weighted by molar-refractivity contribution is 5.95. The van der Waals surface area contributed by atoms with Gasteiger partial charge in [-0.1, -0.05) is 32.6 Å². The second-order valence-electron chi connectivity index (χ2n) is 7.65. The molecule has 0 spiro atoms. The molecule has 156 valence electrons. The maximum absolute atomic E-state index is 12.8. The molecule has 2 aromatic rings. The Hall–Kier alpha value is -2.63. The zero-order valence-corrected chi connectivity index (χ0v) is 17.4. The molecule has 6 nitrogen and oxygen atoms in total. The summed E-state index contributed by atoms with van der Waals surface area (Å²) in [4.78, 5) is 24.7. The van der Waals surface area contributed by atoms with Crippen LogP contribution in [0.5, 0.6) is 0 Å². The number of esters is 1. The first-order chi connectivity index (χ1) is 14.1. The average molecular weight is 398 g/mol. The Morgan fingerprint density at radius 2 is 1.86 bits per heavy atom. The molecule has 1 amide bonds. The Balaban J connectivity index is 1.75. The highest BCUT2D eigenvalue weighted by Gasteiger charge is 2.20. The number of nitrogens with zero attached hydrogens (tertiary/aromatic N) is 2. The molecule has 0 atom stereocenters. The first-order valence-electron chi connectivity index (χ1n) is 10.8. The molecule has 3 rings (SSSR count). The third-order valence-electron chi connectivity index (χ3n) is 5.50. The van der Waals surface area contributed by atoms with Crippen molar-refractivity contribution in [3.05, 3.63) is 47.3 Å². The molecule has 1 saturated carbocycles. The van der Waals surface area contributed by atoms with Crippen LogP contribution in [-0.4, -0.2) is 34.8 Å². The van der Waals surface area contributed by atoms with Crippen LogP contribution >= 0.6 is 0 Å². The molecule has 1 N–H and O–H groups in total. The van der Waals surface area contributed by atoms with Crippen LogP contribution in [0.25, 0.3) is 5.69 Å². The van der Waals surface area contributed by atoms with E-state index in [-0.39, 0.29) is 11.9 Å². The summed E-state index contributed by atoms with van der Waals surface area (Å²) in [6.45, 7) is 4.96. The minimum atomic E-state index is -0.337. The molecule has 0 radical (unpaired) electrons. The normalized spacial score (nSPS) is 14.6. The predicted molar refractivity (Wildman–Crippen MR) is 112 cm³/mol. The Kier molecular flexibility index (Phi) is 7.44. The molecule has 1 aliphatic rings. The van der Waals surface area contributed by atoms with Crippen molar-refractivity contribution in [3.63, 3.8) is 0 Å². The zero-order chi connectivity index (χ0) is 20.6. The molecule has 0 saturated heterocycles. The van der Waals surface area contributed by atoms with E-state index in [1.54, 1.807) is 29.9 Å². The third-order valence-corrected chi connectivity index (χ3v) is 5.50. The molecule has 1 fully saturated rings. The largest absolute Gasteiger partial charge is 0.462 e. The maximum atomic E-state index is 12.8. The van der Waals surface area contributed by atoms with Crippen LogP contribution in [0.3, 0.4) is 0 Å². The standard InChI is InChI=1S/C23H31N3O3/c1-3-8-21-20(22(27)24-15-17-9-6-5-7-10-17)16-25-26(21)19-13-11-18(12-14-19)23(28)29-4-2/h11-14,16-17H,3-10,15H2,1-2H3,(H,24,27). The topological polar surface area (TPSA) is 73.2 Å². The van der Waals surface area contributed by atoms with Crippen LogP contribution in [-0.2, 0) is 11.2 Å². The Labute approximate surface area is 172 Å². The highest BCUT2D eigenvalue weighted by Crippen LogP contribution is 2.23. The maximum Gasteiger partial charge on any atom is 0.338 e. The van der Waals surface area contributed by atoms with Gasteiger partial charge in [0.1, 0.15) is 0 Å². The van der Waals surface area contributed by atoms with E-state index in [4.69, 9.17) is 4.74 Å². The van der Waals surface area contributed by atoms with E-state index >= 15 is 0 Å². The number of aromatic nitrogens is 2. The van der Waals surface area contributed by atoms with Gasteiger partial charge in [-0.2, -0.15) is 5.10 Å². The zero-order valence-electron chi connectivity index (χ0n) is 17.4. The number of benzene rings is 1. The van der Waals surface area contributed by atoms with Crippen LogP contribution < -0.4 is 5.32 Å². The summed E-state index contributed by atoms with van der Waals surface area (Å²) in [5.74, 6) is 0.206. The van der Waals surface area contributed by atoms with Gasteiger partial charge in [-0.25, -0.2) is 9.48 Å². The van der Waals surface area contributed by atoms with Crippen molar-refractivity contribution in [2.24, 2.45) is 5.92 Å². The number of carbonyl (C=O) groups is 2. The van der Waals surface area contributed by atoms with Crippen LogP contribution in [0, 0.1) is 5.92 Å². The van der Waals surface area contributed by atoms with Gasteiger partial charge in [0.25, 0.3) is 5.91 Å². The minimum absolute atomic E-state index is 0.0478. The molecule has 1 aromatic carbocycles. The number of ether oxygens (including phenoxy) is 1. The number of amides is 1. The summed E-state index contributed by atoms with van der Waals surface area (Å²) in [6, 6.07) is 7.13. The SMILES string of the molecule is CCCc1c(C(=O)NCC2CCCCC2)cnn1-c1ccc(C(=O)OCC)cc1. The quantitative estimate of drug-likeness (QED) is 0.674. The van der Waals surface area contributed by atoms with Crippen LogP contribution in [0.1, 0.15) is 78.8 Å². The van der Waals surface area contributed by atoms with Crippen molar-refractivity contribution in [3.8, 4) is 5.69 Å². The fourth-order valence-electron chi connectivity index (χ4n) is 3.94. The minimum Gasteiger partial charge on any atom is -0.462 e. The van der Waals surface area contributed by atoms with Crippen molar-refractivity contribution in [1.29, 1.82) is 0 Å². The van der Waals surface area contributed by atoms with Gasteiger partial charge in [0.05, 0.1) is 35.3 Å². The number of hydrogen-bond donors (Lipinski definition) is 1. The second-order valence-corrected chi connectivity index (χ2v) is 7.65. The lowest BCUT2D eigenvalue weighted by molar-refractivity contribution is 0.0526. The van der Waals surface area contributed by atoms with Gasteiger partial charge >= 0.3 is 5.97 Å². The van der Waals surface area contributed by atoms with Gasteiger partial charge in [-0.3, -0.25) is 4.79 Å². The van der Waals surface area contributed by atoms with Gasteiger partial charge in [0, 0.05) is 6.54 Å². The first-order valence-corrected chi connectivity index (χ1v) is 10.8. The number of carbonyl (C=O) groups excluding carboxylic acids is 2. The third kappa shape index (κ3) is 5.25. The van der Waals surface area contributed by atoms with E-state index in [0.29, 0.717) is 23.7 Å². The fraction of sp³-hybridized carbons (Fsp3) is 0.522. The molecule has 29 heavy (non-hydrogen) atoms. The van der Waals surface area contributed by atoms with E-state index < -0.39 is 0 Å². The first kappa shape index (κ1) is 21.1. The summed E-state index contributed by atoms with van der Waals surface area (Å²) >= 11 is 0. The lowest BCUT2D eigenvalue weighted by Gasteiger charge is -2.21. The Bertz CT molecular complexity index is 820. The molecule has 0 bridgehead atoms. The summed E-state index contributed by atoms with van der Waals surface area (Å²) in [5.41, 5.74) is 2.87. The lowest BCUT2D eigenvalue weighted by Crippen LogP contribution is -2.30. The van der Waals surface area contributed by atoms with E-state index in [1.807, 2.05) is 12.1 Å². The van der Waals surface area contributed by atoms with Gasteiger partial charge in [0.15, 0.2) is 0 Å². The molecule has 1 heterocycles. The second kappa shape index (κ2) is 10.2. The summed E-state index contributed by atoms with van der Waals surface area (Å²) in [6.07, 6.45) is 9.57. The van der Waals surface area contributed by atoms with E-state index in [9.17, 15) is 9.59 Å². The fourth-order valence-corrected chi connectivity index (χ4v) is 3.94. The molecule has 1 aromatic heterocycles. The van der Waals surface area contributed by atoms with Crippen molar-refractivity contribution in [2.75, 3.05) is 13.2 Å². The monoisotopic (exact) mass is 397 g/mol. The molecular weight excluding hydrogens is 366 g/mol. The average Bonchev–Trinajstić information content (AvgIpc) is 3.17. The summed E-state index contributed by atoms with van der Waals surface area (Å²) < 4.78 is 6.83. The van der Waals surface area contributed by atoms with E-state index in [2.05, 4.69) is 17.3 Å². The van der Waals surface area contributed by atoms with Crippen molar-refractivity contribution in [1.82, 2.24) is 15.1 Å². The van der Waals surface area contributed by atoms with Crippen molar-refractivity contribution in [2.45, 2.75) is 58.8 Å². The number of nitrogens with one attached hydrogen (secondary N) is 1. The van der Waals surface area contributed by atoms with E-state index in [1.165, 1.54) is 32.1 Å².